The average molecular weight is 209 g/mol. The van der Waals surface area contributed by atoms with Crippen LogP contribution < -0.4 is 5.73 Å². The highest BCUT2D eigenvalue weighted by molar-refractivity contribution is 5.74. The summed E-state index contributed by atoms with van der Waals surface area (Å²) < 4.78 is 0. The predicted molar refractivity (Wildman–Crippen MR) is 56.4 cm³/mol. The van der Waals surface area contributed by atoms with Gasteiger partial charge in [-0.3, -0.25) is 4.79 Å². The molecule has 0 spiro atoms. The molecule has 82 valence electrons. The molecule has 0 saturated heterocycles. The highest BCUT2D eigenvalue weighted by Crippen LogP contribution is 2.20. The lowest BCUT2D eigenvalue weighted by atomic mass is 9.96. The number of aliphatic hydroxyl groups is 1. The highest BCUT2D eigenvalue weighted by atomic mass is 16.4. The second-order valence-electron chi connectivity index (χ2n) is 3.36. The van der Waals surface area contributed by atoms with Gasteiger partial charge < -0.3 is 15.9 Å². The van der Waals surface area contributed by atoms with Crippen molar-refractivity contribution in [3.63, 3.8) is 0 Å². The van der Waals surface area contributed by atoms with Gasteiger partial charge in [0.2, 0.25) is 0 Å². The summed E-state index contributed by atoms with van der Waals surface area (Å²) in [7, 11) is 0. The van der Waals surface area contributed by atoms with Gasteiger partial charge in [0, 0.05) is 0 Å². The minimum absolute atomic E-state index is 0.593. The van der Waals surface area contributed by atoms with E-state index in [2.05, 4.69) is 0 Å². The third-order valence-electron chi connectivity index (χ3n) is 2.38. The highest BCUT2D eigenvalue weighted by Gasteiger charge is 2.24. The summed E-state index contributed by atoms with van der Waals surface area (Å²) in [6.07, 6.45) is -0.418. The third kappa shape index (κ3) is 2.55. The van der Waals surface area contributed by atoms with Crippen LogP contribution in [0.25, 0.3) is 0 Å². The summed E-state index contributed by atoms with van der Waals surface area (Å²) in [6.45, 7) is 1.94. The van der Waals surface area contributed by atoms with Crippen molar-refractivity contribution in [2.24, 2.45) is 5.73 Å². The number of hydrogen-bond donors (Lipinski definition) is 3. The normalized spacial score (nSPS) is 14.6. The second-order valence-corrected chi connectivity index (χ2v) is 3.36. The van der Waals surface area contributed by atoms with Crippen molar-refractivity contribution in [3.05, 3.63) is 35.4 Å². The van der Waals surface area contributed by atoms with Crippen LogP contribution in [0, 0.1) is 0 Å². The third-order valence-corrected chi connectivity index (χ3v) is 2.38. The van der Waals surface area contributed by atoms with Gasteiger partial charge in [-0.25, -0.2) is 0 Å². The van der Waals surface area contributed by atoms with E-state index < -0.39 is 18.1 Å². The van der Waals surface area contributed by atoms with Gasteiger partial charge in [-0.05, 0) is 17.5 Å². The zero-order valence-electron chi connectivity index (χ0n) is 8.55. The monoisotopic (exact) mass is 209 g/mol. The zero-order chi connectivity index (χ0) is 11.4. The lowest BCUT2D eigenvalue weighted by Crippen LogP contribution is -2.36. The van der Waals surface area contributed by atoms with Crippen LogP contribution in [0.2, 0.25) is 0 Å². The molecule has 0 aliphatic heterocycles. The first kappa shape index (κ1) is 11.7. The standard InChI is InChI=1S/C11H15NO3/c1-2-7-5-3-4-6-8(7)10(13)9(12)11(14)15/h3-6,9-10,13H,2,12H2,1H3,(H,14,15). The number of benzene rings is 1. The average Bonchev–Trinajstić information content (AvgIpc) is 2.26. The molecule has 4 heteroatoms. The Morgan fingerprint density at radius 1 is 1.47 bits per heavy atom. The van der Waals surface area contributed by atoms with Crippen molar-refractivity contribution >= 4 is 5.97 Å². The maximum atomic E-state index is 10.6. The Kier molecular flexibility index (Phi) is 3.82. The number of aliphatic carboxylic acids is 1. The number of carbonyl (C=O) groups is 1. The van der Waals surface area contributed by atoms with Gasteiger partial charge in [0.25, 0.3) is 0 Å². The van der Waals surface area contributed by atoms with Crippen molar-refractivity contribution in [2.75, 3.05) is 0 Å². The molecule has 0 heterocycles. The van der Waals surface area contributed by atoms with E-state index in [4.69, 9.17) is 10.8 Å². The maximum absolute atomic E-state index is 10.6. The van der Waals surface area contributed by atoms with Crippen LogP contribution in [0.15, 0.2) is 24.3 Å². The Morgan fingerprint density at radius 3 is 2.60 bits per heavy atom. The molecule has 2 atom stereocenters. The number of rotatable bonds is 4. The predicted octanol–water partition coefficient (Wildman–Crippen LogP) is 0.694. The Bertz CT molecular complexity index is 351. The number of carboxylic acids is 1. The second kappa shape index (κ2) is 4.91. The molecule has 2 unspecified atom stereocenters. The van der Waals surface area contributed by atoms with Crippen LogP contribution in [0.3, 0.4) is 0 Å². The molecule has 0 radical (unpaired) electrons. The van der Waals surface area contributed by atoms with Gasteiger partial charge in [0.15, 0.2) is 0 Å². The van der Waals surface area contributed by atoms with Crippen molar-refractivity contribution in [2.45, 2.75) is 25.5 Å². The minimum atomic E-state index is -1.28. The Morgan fingerprint density at radius 2 is 2.07 bits per heavy atom. The molecule has 4 nitrogen and oxygen atoms in total. The van der Waals surface area contributed by atoms with E-state index in [1.54, 1.807) is 12.1 Å². The molecule has 0 bridgehead atoms. The molecular weight excluding hydrogens is 194 g/mol. The van der Waals surface area contributed by atoms with Gasteiger partial charge in [0.1, 0.15) is 12.1 Å². The van der Waals surface area contributed by atoms with Crippen molar-refractivity contribution in [3.8, 4) is 0 Å². The summed E-state index contributed by atoms with van der Waals surface area (Å²) in [5.74, 6) is -1.20. The summed E-state index contributed by atoms with van der Waals surface area (Å²) in [5.41, 5.74) is 6.88. The lowest BCUT2D eigenvalue weighted by molar-refractivity contribution is -0.141. The Hall–Kier alpha value is -1.39. The maximum Gasteiger partial charge on any atom is 0.323 e. The van der Waals surface area contributed by atoms with Crippen molar-refractivity contribution in [1.29, 1.82) is 0 Å². The van der Waals surface area contributed by atoms with E-state index in [9.17, 15) is 9.90 Å². The number of aryl methyl sites for hydroxylation is 1. The number of carboxylic acid groups (broad SMARTS) is 1. The number of aliphatic hydroxyl groups excluding tert-OH is 1. The van der Waals surface area contributed by atoms with Gasteiger partial charge >= 0.3 is 5.97 Å². The van der Waals surface area contributed by atoms with Gasteiger partial charge in [-0.2, -0.15) is 0 Å². The molecule has 4 N–H and O–H groups in total. The Labute approximate surface area is 88.3 Å². The van der Waals surface area contributed by atoms with E-state index in [1.807, 2.05) is 19.1 Å². The van der Waals surface area contributed by atoms with E-state index in [-0.39, 0.29) is 0 Å². The molecule has 0 saturated carbocycles. The fraction of sp³-hybridized carbons (Fsp3) is 0.364. The quantitative estimate of drug-likeness (QED) is 0.681. The Balaban J connectivity index is 2.99. The summed E-state index contributed by atoms with van der Waals surface area (Å²) in [5, 5.41) is 18.5. The smallest absolute Gasteiger partial charge is 0.323 e. The fourth-order valence-electron chi connectivity index (χ4n) is 1.47. The molecule has 0 aliphatic rings. The van der Waals surface area contributed by atoms with Crippen LogP contribution in [0.5, 0.6) is 0 Å². The molecule has 1 aromatic rings. The van der Waals surface area contributed by atoms with Crippen LogP contribution in [-0.4, -0.2) is 22.2 Å². The van der Waals surface area contributed by atoms with E-state index in [0.29, 0.717) is 5.56 Å². The lowest BCUT2D eigenvalue weighted by Gasteiger charge is -2.18. The van der Waals surface area contributed by atoms with E-state index >= 15 is 0 Å². The molecule has 15 heavy (non-hydrogen) atoms. The molecule has 1 aromatic carbocycles. The largest absolute Gasteiger partial charge is 0.480 e. The van der Waals surface area contributed by atoms with Crippen LogP contribution in [0.4, 0.5) is 0 Å². The molecule has 0 amide bonds. The number of hydrogen-bond acceptors (Lipinski definition) is 3. The van der Waals surface area contributed by atoms with Crippen molar-refractivity contribution in [1.82, 2.24) is 0 Å². The first-order valence-electron chi connectivity index (χ1n) is 4.82. The minimum Gasteiger partial charge on any atom is -0.480 e. The molecule has 1 rings (SSSR count). The van der Waals surface area contributed by atoms with Crippen LogP contribution in [0.1, 0.15) is 24.2 Å². The first-order chi connectivity index (χ1) is 7.07. The van der Waals surface area contributed by atoms with Crippen molar-refractivity contribution < 1.29 is 15.0 Å². The summed E-state index contributed by atoms with van der Waals surface area (Å²) >= 11 is 0. The summed E-state index contributed by atoms with van der Waals surface area (Å²) in [6, 6.07) is 5.88. The van der Waals surface area contributed by atoms with Crippen LogP contribution in [-0.2, 0) is 11.2 Å². The van der Waals surface area contributed by atoms with E-state index in [1.165, 1.54) is 0 Å². The zero-order valence-corrected chi connectivity index (χ0v) is 8.55. The van der Waals surface area contributed by atoms with Gasteiger partial charge in [-0.15, -0.1) is 0 Å². The topological polar surface area (TPSA) is 83.5 Å². The number of nitrogens with two attached hydrogens (primary N) is 1. The summed E-state index contributed by atoms with van der Waals surface area (Å²) in [4.78, 5) is 10.6. The molecule has 0 aliphatic carbocycles. The van der Waals surface area contributed by atoms with Gasteiger partial charge in [-0.1, -0.05) is 31.2 Å². The van der Waals surface area contributed by atoms with E-state index in [0.717, 1.165) is 12.0 Å². The SMILES string of the molecule is CCc1ccccc1C(O)C(N)C(=O)O. The fourth-order valence-corrected chi connectivity index (χ4v) is 1.47. The molecule has 0 aromatic heterocycles. The first-order valence-corrected chi connectivity index (χ1v) is 4.82. The van der Waals surface area contributed by atoms with Gasteiger partial charge in [0.05, 0.1) is 0 Å². The molecular formula is C11H15NO3. The van der Waals surface area contributed by atoms with Crippen LogP contribution >= 0.6 is 0 Å². The molecule has 0 fully saturated rings.